The van der Waals surface area contributed by atoms with Crippen LogP contribution in [0.4, 0.5) is 5.69 Å². The van der Waals surface area contributed by atoms with E-state index in [4.69, 9.17) is 16.1 Å². The first-order valence-corrected chi connectivity index (χ1v) is 7.14. The second kappa shape index (κ2) is 5.87. The number of anilines is 1. The molecule has 112 valence electrons. The summed E-state index contributed by atoms with van der Waals surface area (Å²) in [6.07, 6.45) is 1.60. The summed E-state index contributed by atoms with van der Waals surface area (Å²) < 4.78 is 5.23. The average molecular weight is 310 g/mol. The van der Waals surface area contributed by atoms with Crippen molar-refractivity contribution >= 4 is 17.3 Å². The predicted octanol–water partition coefficient (Wildman–Crippen LogP) is 1.04. The first kappa shape index (κ1) is 14.1. The first-order chi connectivity index (χ1) is 10.1. The number of hydrogen-bond donors (Lipinski definition) is 1. The number of nitrogens with one attached hydrogen (secondary N) is 1. The molecule has 0 saturated carbocycles. The summed E-state index contributed by atoms with van der Waals surface area (Å²) in [5, 5.41) is 10.2. The van der Waals surface area contributed by atoms with Gasteiger partial charge in [-0.15, -0.1) is 0 Å². The zero-order valence-corrected chi connectivity index (χ0v) is 12.4. The lowest BCUT2D eigenvalue weighted by molar-refractivity contribution is 0.219. The van der Waals surface area contributed by atoms with Gasteiger partial charge in [-0.25, -0.2) is 5.10 Å². The van der Waals surface area contributed by atoms with Crippen LogP contribution in [0, 0.1) is 6.92 Å². The van der Waals surface area contributed by atoms with Crippen molar-refractivity contribution in [2.75, 3.05) is 31.1 Å². The number of rotatable bonds is 3. The minimum Gasteiger partial charge on any atom is -0.366 e. The largest absolute Gasteiger partial charge is 0.366 e. The Morgan fingerprint density at radius 3 is 2.81 bits per heavy atom. The van der Waals surface area contributed by atoms with Gasteiger partial charge >= 0.3 is 0 Å². The zero-order chi connectivity index (χ0) is 14.8. The van der Waals surface area contributed by atoms with Crippen LogP contribution >= 0.6 is 11.6 Å². The topological polar surface area (TPSA) is 78.3 Å². The van der Waals surface area contributed by atoms with Crippen molar-refractivity contribution in [3.8, 4) is 0 Å². The Morgan fingerprint density at radius 2 is 2.14 bits per heavy atom. The summed E-state index contributed by atoms with van der Waals surface area (Å²) in [5.74, 6) is 0.872. The van der Waals surface area contributed by atoms with E-state index >= 15 is 0 Å². The number of H-pyrrole nitrogens is 1. The highest BCUT2D eigenvalue weighted by Gasteiger charge is 2.21. The van der Waals surface area contributed by atoms with Crippen molar-refractivity contribution in [3.63, 3.8) is 0 Å². The number of hydrogen-bond acceptors (Lipinski definition) is 6. The molecule has 1 aliphatic rings. The van der Waals surface area contributed by atoms with E-state index in [0.29, 0.717) is 5.69 Å². The molecular formula is C13H16ClN5O2. The summed E-state index contributed by atoms with van der Waals surface area (Å²) in [7, 11) is 0. The van der Waals surface area contributed by atoms with E-state index in [2.05, 4.69) is 25.2 Å². The average Bonchev–Trinajstić information content (AvgIpc) is 2.88. The molecule has 1 fully saturated rings. The molecule has 0 aliphatic carbocycles. The summed E-state index contributed by atoms with van der Waals surface area (Å²) >= 11 is 6.03. The van der Waals surface area contributed by atoms with E-state index in [-0.39, 0.29) is 10.6 Å². The lowest BCUT2D eigenvalue weighted by atomic mass is 10.2. The Morgan fingerprint density at radius 1 is 1.38 bits per heavy atom. The molecule has 3 rings (SSSR count). The molecule has 0 unspecified atom stereocenters. The number of piperazine rings is 1. The Labute approximate surface area is 126 Å². The highest BCUT2D eigenvalue weighted by atomic mass is 35.5. The quantitative estimate of drug-likeness (QED) is 0.913. The fraction of sp³-hybridized carbons (Fsp3) is 0.462. The van der Waals surface area contributed by atoms with Crippen molar-refractivity contribution in [2.45, 2.75) is 13.5 Å². The van der Waals surface area contributed by atoms with Crippen LogP contribution in [0.2, 0.25) is 5.02 Å². The van der Waals surface area contributed by atoms with E-state index in [0.717, 1.165) is 44.2 Å². The molecule has 8 heteroatoms. The number of aryl methyl sites for hydroxylation is 1. The van der Waals surface area contributed by atoms with Crippen molar-refractivity contribution in [1.82, 2.24) is 20.3 Å². The molecule has 2 aromatic rings. The Hall–Kier alpha value is -1.86. The van der Waals surface area contributed by atoms with Gasteiger partial charge in [-0.2, -0.15) is 5.10 Å². The first-order valence-electron chi connectivity index (χ1n) is 6.76. The molecule has 0 amide bonds. The van der Waals surface area contributed by atoms with Crippen molar-refractivity contribution < 1.29 is 4.52 Å². The minimum atomic E-state index is -0.353. The summed E-state index contributed by atoms with van der Waals surface area (Å²) in [6, 6.07) is 1.95. The zero-order valence-electron chi connectivity index (χ0n) is 11.7. The van der Waals surface area contributed by atoms with Gasteiger partial charge in [0.05, 0.1) is 24.1 Å². The lowest BCUT2D eigenvalue weighted by Crippen LogP contribution is -2.46. The van der Waals surface area contributed by atoms with Gasteiger partial charge in [0.15, 0.2) is 5.76 Å². The highest BCUT2D eigenvalue weighted by molar-refractivity contribution is 6.32. The number of aromatic amines is 1. The van der Waals surface area contributed by atoms with Gasteiger partial charge in [0.25, 0.3) is 5.56 Å². The molecule has 1 N–H and O–H groups in total. The maximum Gasteiger partial charge on any atom is 0.285 e. The van der Waals surface area contributed by atoms with Gasteiger partial charge in [0.2, 0.25) is 0 Å². The smallest absolute Gasteiger partial charge is 0.285 e. The van der Waals surface area contributed by atoms with Crippen LogP contribution in [-0.2, 0) is 6.54 Å². The molecule has 0 bridgehead atoms. The number of halogens is 1. The van der Waals surface area contributed by atoms with Gasteiger partial charge < -0.3 is 9.42 Å². The van der Waals surface area contributed by atoms with E-state index in [1.807, 2.05) is 13.0 Å². The summed E-state index contributed by atoms with van der Waals surface area (Å²) in [5.41, 5.74) is 1.23. The Balaban J connectivity index is 1.62. The van der Waals surface area contributed by atoms with Gasteiger partial charge in [-0.05, 0) is 6.92 Å². The van der Waals surface area contributed by atoms with Gasteiger partial charge in [-0.3, -0.25) is 9.69 Å². The van der Waals surface area contributed by atoms with Crippen LogP contribution < -0.4 is 10.5 Å². The van der Waals surface area contributed by atoms with E-state index in [1.54, 1.807) is 6.20 Å². The van der Waals surface area contributed by atoms with Crippen LogP contribution in [0.25, 0.3) is 0 Å². The molecule has 0 aromatic carbocycles. The minimum absolute atomic E-state index is 0.198. The van der Waals surface area contributed by atoms with Crippen molar-refractivity contribution in [1.29, 1.82) is 0 Å². The molecule has 0 spiro atoms. The summed E-state index contributed by atoms with van der Waals surface area (Å²) in [4.78, 5) is 15.8. The Kier molecular flexibility index (Phi) is 3.94. The molecule has 2 aromatic heterocycles. The van der Waals surface area contributed by atoms with E-state index in [9.17, 15) is 4.79 Å². The van der Waals surface area contributed by atoms with Crippen LogP contribution in [0.15, 0.2) is 21.6 Å². The molecule has 1 saturated heterocycles. The van der Waals surface area contributed by atoms with Crippen LogP contribution in [0.3, 0.4) is 0 Å². The third-order valence-electron chi connectivity index (χ3n) is 3.55. The lowest BCUT2D eigenvalue weighted by Gasteiger charge is -2.35. The van der Waals surface area contributed by atoms with E-state index < -0.39 is 0 Å². The third kappa shape index (κ3) is 3.08. The molecule has 0 atom stereocenters. The number of aromatic nitrogens is 3. The fourth-order valence-electron chi connectivity index (χ4n) is 2.45. The van der Waals surface area contributed by atoms with Crippen LogP contribution in [-0.4, -0.2) is 46.4 Å². The third-order valence-corrected chi connectivity index (χ3v) is 3.91. The standard InChI is InChI=1S/C13H16ClN5O2/c1-9-6-10(21-17-9)8-18-2-4-19(5-3-18)11-7-15-16-13(20)12(11)14/h6-7H,2-5,8H2,1H3,(H,16,20). The molecule has 3 heterocycles. The molecule has 1 aliphatic heterocycles. The van der Waals surface area contributed by atoms with Gasteiger partial charge in [0, 0.05) is 32.2 Å². The van der Waals surface area contributed by atoms with Gasteiger partial charge in [-0.1, -0.05) is 16.8 Å². The van der Waals surface area contributed by atoms with Crippen molar-refractivity contribution in [2.24, 2.45) is 0 Å². The van der Waals surface area contributed by atoms with Crippen molar-refractivity contribution in [3.05, 3.63) is 39.1 Å². The van der Waals surface area contributed by atoms with E-state index in [1.165, 1.54) is 0 Å². The fourth-order valence-corrected chi connectivity index (χ4v) is 2.66. The second-order valence-electron chi connectivity index (χ2n) is 5.10. The molecule has 0 radical (unpaired) electrons. The predicted molar refractivity (Wildman–Crippen MR) is 78.6 cm³/mol. The maximum atomic E-state index is 11.5. The van der Waals surface area contributed by atoms with Gasteiger partial charge in [0.1, 0.15) is 5.02 Å². The summed E-state index contributed by atoms with van der Waals surface area (Å²) in [6.45, 7) is 5.96. The SMILES string of the molecule is Cc1cc(CN2CCN(c3cn[nH]c(=O)c3Cl)CC2)on1. The monoisotopic (exact) mass is 309 g/mol. The Bertz CT molecular complexity index is 675. The highest BCUT2D eigenvalue weighted by Crippen LogP contribution is 2.22. The second-order valence-corrected chi connectivity index (χ2v) is 5.47. The molecule has 21 heavy (non-hydrogen) atoms. The molecule has 7 nitrogen and oxygen atoms in total. The van der Waals surface area contributed by atoms with Crippen LogP contribution in [0.5, 0.6) is 0 Å². The molecular weight excluding hydrogens is 294 g/mol. The normalized spacial score (nSPS) is 16.4. The van der Waals surface area contributed by atoms with Crippen LogP contribution in [0.1, 0.15) is 11.5 Å². The number of nitrogens with zero attached hydrogens (tertiary/aromatic N) is 4. The maximum absolute atomic E-state index is 11.5.